The summed E-state index contributed by atoms with van der Waals surface area (Å²) in [4.78, 5) is 57.8. The standard InChI is InChI=1S/C36H30F3N3O6S2/c1-2-47-24-13-17(11-12-23(24)48-16-25(43)40-19-8-4-3-5-9-19)26-27-21-15-22(30(27)49-32-31(26)50-35(46)41-32)29-28(21)33(44)42(34(29)45)20-10-6-7-18(14-20)36(37,38)39/h3-14,21-22,26-30H,2,15-16H2,1H3,(H,40,43)(H,41,46)/t21-,22-,26+,27-,28+,29+,30-/m1/s1. The van der Waals surface area contributed by atoms with Crippen molar-refractivity contribution >= 4 is 52.2 Å². The lowest BCUT2D eigenvalue weighted by atomic mass is 9.68. The number of anilines is 2. The van der Waals surface area contributed by atoms with Crippen molar-refractivity contribution in [2.24, 2.45) is 29.6 Å². The molecule has 0 radical (unpaired) electrons. The van der Waals surface area contributed by atoms with E-state index in [2.05, 4.69) is 10.3 Å². The van der Waals surface area contributed by atoms with Crippen molar-refractivity contribution in [2.75, 3.05) is 23.4 Å². The molecule has 7 atom stereocenters. The second kappa shape index (κ2) is 12.3. The maximum atomic E-state index is 14.0. The number of H-pyrrole nitrogens is 1. The van der Waals surface area contributed by atoms with Crippen molar-refractivity contribution in [2.45, 2.75) is 35.7 Å². The Kier molecular flexibility index (Phi) is 8.05. The first-order valence-corrected chi connectivity index (χ1v) is 17.9. The van der Waals surface area contributed by atoms with Gasteiger partial charge in [-0.1, -0.05) is 41.7 Å². The molecule has 0 unspecified atom stereocenters. The van der Waals surface area contributed by atoms with Gasteiger partial charge >= 0.3 is 11.0 Å². The quantitative estimate of drug-likeness (QED) is 0.198. The summed E-state index contributed by atoms with van der Waals surface area (Å²) in [6.07, 6.45) is -4.00. The summed E-state index contributed by atoms with van der Waals surface area (Å²) in [6, 6.07) is 18.8. The molecule has 8 rings (SSSR count). The van der Waals surface area contributed by atoms with Crippen molar-refractivity contribution in [1.29, 1.82) is 0 Å². The average Bonchev–Trinajstić information content (AvgIpc) is 3.83. The van der Waals surface area contributed by atoms with Gasteiger partial charge in [0.15, 0.2) is 18.1 Å². The van der Waals surface area contributed by atoms with E-state index < -0.39 is 35.4 Å². The summed E-state index contributed by atoms with van der Waals surface area (Å²) in [6.45, 7) is 1.90. The Hall–Kier alpha value is -4.56. The summed E-state index contributed by atoms with van der Waals surface area (Å²) in [7, 11) is 0. The molecule has 9 nitrogen and oxygen atoms in total. The monoisotopic (exact) mass is 721 g/mol. The highest BCUT2D eigenvalue weighted by molar-refractivity contribution is 8.00. The van der Waals surface area contributed by atoms with E-state index in [0.29, 0.717) is 30.2 Å². The van der Waals surface area contributed by atoms with E-state index in [9.17, 15) is 32.3 Å². The molecule has 4 aromatic rings. The Balaban J connectivity index is 1.11. The summed E-state index contributed by atoms with van der Waals surface area (Å²) in [5, 5.41) is 3.39. The summed E-state index contributed by atoms with van der Waals surface area (Å²) >= 11 is 2.63. The molecule has 2 bridgehead atoms. The number of imide groups is 1. The van der Waals surface area contributed by atoms with Gasteiger partial charge in [0.1, 0.15) is 0 Å². The van der Waals surface area contributed by atoms with Crippen LogP contribution in [-0.4, -0.2) is 41.2 Å². The number of ether oxygens (including phenoxy) is 2. The highest BCUT2D eigenvalue weighted by Gasteiger charge is 2.69. The van der Waals surface area contributed by atoms with E-state index in [-0.39, 0.29) is 52.0 Å². The van der Waals surface area contributed by atoms with Gasteiger partial charge in [0.05, 0.1) is 34.7 Å². The van der Waals surface area contributed by atoms with E-state index in [1.165, 1.54) is 23.9 Å². The van der Waals surface area contributed by atoms with Crippen LogP contribution >= 0.6 is 23.1 Å². The molecule has 3 fully saturated rings. The van der Waals surface area contributed by atoms with Crippen LogP contribution < -0.4 is 24.6 Å². The number of rotatable bonds is 8. The van der Waals surface area contributed by atoms with Gasteiger partial charge in [-0.15, -0.1) is 11.8 Å². The lowest BCUT2D eigenvalue weighted by Crippen LogP contribution is -2.42. The van der Waals surface area contributed by atoms with E-state index in [4.69, 9.17) is 9.47 Å². The van der Waals surface area contributed by atoms with E-state index >= 15 is 0 Å². The largest absolute Gasteiger partial charge is 0.490 e. The van der Waals surface area contributed by atoms with E-state index in [1.54, 1.807) is 18.2 Å². The number of halogens is 3. The lowest BCUT2D eigenvalue weighted by molar-refractivity contribution is -0.137. The Labute approximate surface area is 292 Å². The molecule has 2 aliphatic heterocycles. The number of para-hydroxylation sites is 1. The minimum absolute atomic E-state index is 0.0753. The molecular formula is C36H30F3N3O6S2. The topological polar surface area (TPSA) is 118 Å². The molecule has 2 N–H and O–H groups in total. The molecule has 14 heteroatoms. The van der Waals surface area contributed by atoms with E-state index in [1.807, 2.05) is 37.3 Å². The van der Waals surface area contributed by atoms with Crippen LogP contribution in [0.15, 0.2) is 82.6 Å². The van der Waals surface area contributed by atoms with Crippen molar-refractivity contribution in [3.63, 3.8) is 0 Å². The number of alkyl halides is 3. The minimum Gasteiger partial charge on any atom is -0.490 e. The lowest BCUT2D eigenvalue weighted by Gasteiger charge is -2.43. The van der Waals surface area contributed by atoms with Crippen molar-refractivity contribution in [3.05, 3.63) is 98.5 Å². The molecule has 258 valence electrons. The number of carbonyl (C=O) groups excluding carboxylic acids is 3. The Morgan fingerprint density at radius 3 is 2.44 bits per heavy atom. The van der Waals surface area contributed by atoms with Gasteiger partial charge in [-0.25, -0.2) is 0 Å². The summed E-state index contributed by atoms with van der Waals surface area (Å²) in [5.74, 6) is -2.74. The third-order valence-corrected chi connectivity index (χ3v) is 12.8. The fraction of sp³-hybridized carbons (Fsp3) is 0.333. The van der Waals surface area contributed by atoms with Gasteiger partial charge in [-0.3, -0.25) is 24.1 Å². The first-order chi connectivity index (χ1) is 24.0. The van der Waals surface area contributed by atoms with Crippen molar-refractivity contribution in [3.8, 4) is 11.5 Å². The normalized spacial score (nSPS) is 26.4. The number of hydrogen-bond acceptors (Lipinski definition) is 8. The number of fused-ring (bicyclic) bond motifs is 9. The zero-order chi connectivity index (χ0) is 34.9. The zero-order valence-electron chi connectivity index (χ0n) is 26.4. The Bertz CT molecular complexity index is 2070. The maximum absolute atomic E-state index is 14.0. The van der Waals surface area contributed by atoms with Crippen LogP contribution in [0.25, 0.3) is 0 Å². The number of aromatic nitrogens is 1. The van der Waals surface area contributed by atoms with Crippen molar-refractivity contribution in [1.82, 2.24) is 4.98 Å². The fourth-order valence-electron chi connectivity index (χ4n) is 8.43. The number of aromatic amines is 1. The van der Waals surface area contributed by atoms with Gasteiger partial charge in [-0.05, 0) is 79.1 Å². The number of benzene rings is 3. The molecule has 1 saturated heterocycles. The van der Waals surface area contributed by atoms with Gasteiger partial charge in [0, 0.05) is 21.7 Å². The second-order valence-electron chi connectivity index (χ2n) is 12.9. The first-order valence-electron chi connectivity index (χ1n) is 16.2. The zero-order valence-corrected chi connectivity index (χ0v) is 28.1. The van der Waals surface area contributed by atoms with Gasteiger partial charge in [0.25, 0.3) is 5.91 Å². The molecule has 3 heterocycles. The molecule has 0 spiro atoms. The van der Waals surface area contributed by atoms with E-state index in [0.717, 1.165) is 43.8 Å². The third kappa shape index (κ3) is 5.39. The third-order valence-electron chi connectivity index (χ3n) is 10.2. The molecule has 3 amide bonds. The minimum atomic E-state index is -4.63. The number of amides is 3. The predicted molar refractivity (Wildman–Crippen MR) is 181 cm³/mol. The van der Waals surface area contributed by atoms with Crippen LogP contribution in [-0.2, 0) is 20.6 Å². The highest BCUT2D eigenvalue weighted by atomic mass is 32.2. The molecular weight excluding hydrogens is 692 g/mol. The first kappa shape index (κ1) is 32.6. The number of carbonyl (C=O) groups is 3. The number of nitrogens with one attached hydrogen (secondary N) is 2. The SMILES string of the molecule is CCOc1cc([C@@H]2c3sc(=O)[nH]c3S[C@@H]3[C@@H]4C[C@@H]([C@@H]5C(=O)N(c6cccc(C(F)(F)F)c6)C(=O)[C@@H]45)[C@H]23)ccc1OCC(=O)Nc1ccccc1. The molecule has 1 aromatic heterocycles. The predicted octanol–water partition coefficient (Wildman–Crippen LogP) is 6.55. The van der Waals surface area contributed by atoms with Crippen LogP contribution in [0.4, 0.5) is 24.5 Å². The van der Waals surface area contributed by atoms with Gasteiger partial charge < -0.3 is 19.8 Å². The number of hydrogen-bond donors (Lipinski definition) is 2. The van der Waals surface area contributed by atoms with Gasteiger partial charge in [-0.2, -0.15) is 13.2 Å². The second-order valence-corrected chi connectivity index (χ2v) is 15.1. The van der Waals surface area contributed by atoms with Crippen molar-refractivity contribution < 1.29 is 37.0 Å². The molecule has 50 heavy (non-hydrogen) atoms. The highest BCUT2D eigenvalue weighted by Crippen LogP contribution is 2.69. The summed E-state index contributed by atoms with van der Waals surface area (Å²) < 4.78 is 52.5. The average molecular weight is 722 g/mol. The Morgan fingerprint density at radius 1 is 0.940 bits per heavy atom. The van der Waals surface area contributed by atoms with Crippen LogP contribution in [0.3, 0.4) is 0 Å². The number of nitrogens with zero attached hydrogens (tertiary/aromatic N) is 1. The maximum Gasteiger partial charge on any atom is 0.416 e. The molecule has 3 aromatic carbocycles. The molecule has 4 aliphatic rings. The Morgan fingerprint density at radius 2 is 1.70 bits per heavy atom. The van der Waals surface area contributed by atoms with Crippen LogP contribution in [0, 0.1) is 29.6 Å². The van der Waals surface area contributed by atoms with Gasteiger partial charge in [0.2, 0.25) is 11.8 Å². The summed E-state index contributed by atoms with van der Waals surface area (Å²) in [5.41, 5.74) is 0.467. The van der Waals surface area contributed by atoms with Crippen LogP contribution in [0.5, 0.6) is 11.5 Å². The van der Waals surface area contributed by atoms with Crippen LogP contribution in [0.1, 0.15) is 35.3 Å². The van der Waals surface area contributed by atoms with Crippen LogP contribution in [0.2, 0.25) is 0 Å². The number of thiazole rings is 1. The molecule has 2 aliphatic carbocycles. The molecule has 2 saturated carbocycles. The smallest absolute Gasteiger partial charge is 0.416 e. The number of thioether (sulfide) groups is 1. The fourth-order valence-corrected chi connectivity index (χ4v) is 11.3.